The van der Waals surface area contributed by atoms with Crippen LogP contribution in [0, 0.1) is 17.8 Å². The van der Waals surface area contributed by atoms with Crippen LogP contribution in [0.2, 0.25) is 0 Å². The second-order valence-corrected chi connectivity index (χ2v) is 8.51. The van der Waals surface area contributed by atoms with Crippen LogP contribution < -0.4 is 0 Å². The molecule has 2 aliphatic carbocycles. The Labute approximate surface area is 154 Å². The fourth-order valence-electron chi connectivity index (χ4n) is 4.97. The van der Waals surface area contributed by atoms with Gasteiger partial charge in [0.2, 0.25) is 0 Å². The molecular formula is C21H40O4. The Morgan fingerprint density at radius 1 is 0.720 bits per heavy atom. The van der Waals surface area contributed by atoms with Crippen molar-refractivity contribution < 1.29 is 19.7 Å². The third-order valence-electron chi connectivity index (χ3n) is 6.27. The van der Waals surface area contributed by atoms with Crippen LogP contribution in [0.15, 0.2) is 0 Å². The summed E-state index contributed by atoms with van der Waals surface area (Å²) in [5.74, 6) is 2.53. The van der Waals surface area contributed by atoms with E-state index in [0.717, 1.165) is 43.4 Å². The molecule has 0 amide bonds. The number of hydrogen-bond acceptors (Lipinski definition) is 4. The molecule has 0 bridgehead atoms. The highest BCUT2D eigenvalue weighted by Crippen LogP contribution is 2.42. The van der Waals surface area contributed by atoms with Gasteiger partial charge < -0.3 is 19.7 Å². The summed E-state index contributed by atoms with van der Waals surface area (Å²) in [5.41, 5.74) is 0. The fourth-order valence-corrected chi connectivity index (χ4v) is 4.97. The SMILES string of the molecule is CCC(C1CCC(OCC(C)O)CC1)C1CCC(OCC(C)O)CC1. The van der Waals surface area contributed by atoms with Crippen molar-refractivity contribution in [3.05, 3.63) is 0 Å². The molecule has 4 heteroatoms. The van der Waals surface area contributed by atoms with Crippen LogP contribution in [-0.4, -0.2) is 47.8 Å². The molecule has 2 atom stereocenters. The van der Waals surface area contributed by atoms with Gasteiger partial charge in [-0.1, -0.05) is 13.3 Å². The molecule has 0 radical (unpaired) electrons. The fraction of sp³-hybridized carbons (Fsp3) is 1.00. The highest BCUT2D eigenvalue weighted by Gasteiger charge is 2.34. The Kier molecular flexibility index (Phi) is 9.18. The maximum Gasteiger partial charge on any atom is 0.0745 e. The Morgan fingerprint density at radius 2 is 1.08 bits per heavy atom. The first kappa shape index (κ1) is 21.1. The van der Waals surface area contributed by atoms with Crippen LogP contribution in [-0.2, 0) is 9.47 Å². The quantitative estimate of drug-likeness (QED) is 0.657. The summed E-state index contributed by atoms with van der Waals surface area (Å²) < 4.78 is 11.6. The maximum absolute atomic E-state index is 9.37. The standard InChI is InChI=1S/C21H40O4/c1-4-21(17-5-9-19(10-6-17)24-13-15(2)22)18-7-11-20(12-8-18)25-14-16(3)23/h15-23H,4-14H2,1-3H3. The normalized spacial score (nSPS) is 34.4. The molecule has 0 heterocycles. The molecule has 148 valence electrons. The number of ether oxygens (including phenoxy) is 2. The van der Waals surface area contributed by atoms with Gasteiger partial charge in [-0.05, 0) is 83.0 Å². The molecule has 2 saturated carbocycles. The smallest absolute Gasteiger partial charge is 0.0745 e. The van der Waals surface area contributed by atoms with E-state index >= 15 is 0 Å². The molecular weight excluding hydrogens is 316 g/mol. The molecule has 0 aromatic carbocycles. The molecule has 2 aliphatic rings. The molecule has 0 saturated heterocycles. The van der Waals surface area contributed by atoms with E-state index in [2.05, 4.69) is 6.92 Å². The number of rotatable bonds is 9. The van der Waals surface area contributed by atoms with Crippen molar-refractivity contribution in [3.63, 3.8) is 0 Å². The minimum atomic E-state index is -0.354. The van der Waals surface area contributed by atoms with Crippen molar-refractivity contribution in [1.29, 1.82) is 0 Å². The van der Waals surface area contributed by atoms with Gasteiger partial charge in [0.05, 0.1) is 37.6 Å². The lowest BCUT2D eigenvalue weighted by molar-refractivity contribution is -0.0420. The van der Waals surface area contributed by atoms with Crippen molar-refractivity contribution in [3.8, 4) is 0 Å². The first-order chi connectivity index (χ1) is 12.0. The molecule has 0 aromatic heterocycles. The van der Waals surface area contributed by atoms with Crippen LogP contribution in [0.3, 0.4) is 0 Å². The average molecular weight is 357 g/mol. The monoisotopic (exact) mass is 356 g/mol. The minimum Gasteiger partial charge on any atom is -0.391 e. The summed E-state index contributed by atoms with van der Waals surface area (Å²) in [6.07, 6.45) is 11.0. The minimum absolute atomic E-state index is 0.354. The second kappa shape index (κ2) is 10.9. The van der Waals surface area contributed by atoms with Gasteiger partial charge in [-0.3, -0.25) is 0 Å². The topological polar surface area (TPSA) is 58.9 Å². The van der Waals surface area contributed by atoms with Crippen molar-refractivity contribution in [2.45, 2.75) is 103 Å². The van der Waals surface area contributed by atoms with Crippen molar-refractivity contribution in [1.82, 2.24) is 0 Å². The van der Waals surface area contributed by atoms with Crippen LogP contribution in [0.4, 0.5) is 0 Å². The number of aliphatic hydroxyl groups is 2. The maximum atomic E-state index is 9.37. The summed E-state index contributed by atoms with van der Waals surface area (Å²) in [7, 11) is 0. The summed E-state index contributed by atoms with van der Waals surface area (Å²) >= 11 is 0. The number of aliphatic hydroxyl groups excluding tert-OH is 2. The van der Waals surface area contributed by atoms with E-state index in [0.29, 0.717) is 25.4 Å². The summed E-state index contributed by atoms with van der Waals surface area (Å²) in [4.78, 5) is 0. The van der Waals surface area contributed by atoms with Crippen LogP contribution in [0.1, 0.15) is 78.6 Å². The van der Waals surface area contributed by atoms with E-state index in [-0.39, 0.29) is 12.2 Å². The third-order valence-corrected chi connectivity index (χ3v) is 6.27. The van der Waals surface area contributed by atoms with Gasteiger partial charge in [0.25, 0.3) is 0 Å². The van der Waals surface area contributed by atoms with Crippen LogP contribution in [0.25, 0.3) is 0 Å². The first-order valence-electron chi connectivity index (χ1n) is 10.6. The Morgan fingerprint density at radius 3 is 1.36 bits per heavy atom. The van der Waals surface area contributed by atoms with Gasteiger partial charge in [-0.2, -0.15) is 0 Å². The molecule has 4 nitrogen and oxygen atoms in total. The van der Waals surface area contributed by atoms with Gasteiger partial charge in [-0.15, -0.1) is 0 Å². The molecule has 2 rings (SSSR count). The van der Waals surface area contributed by atoms with E-state index in [9.17, 15) is 10.2 Å². The zero-order chi connectivity index (χ0) is 18.2. The Balaban J connectivity index is 1.72. The zero-order valence-electron chi connectivity index (χ0n) is 16.5. The molecule has 2 unspecified atom stereocenters. The van der Waals surface area contributed by atoms with Gasteiger partial charge in [-0.25, -0.2) is 0 Å². The first-order valence-corrected chi connectivity index (χ1v) is 10.6. The lowest BCUT2D eigenvalue weighted by atomic mass is 9.68. The van der Waals surface area contributed by atoms with Gasteiger partial charge in [0, 0.05) is 0 Å². The van der Waals surface area contributed by atoms with Gasteiger partial charge >= 0.3 is 0 Å². The summed E-state index contributed by atoms with van der Waals surface area (Å²) in [6, 6.07) is 0. The molecule has 0 spiro atoms. The highest BCUT2D eigenvalue weighted by molar-refractivity contribution is 4.85. The second-order valence-electron chi connectivity index (χ2n) is 8.51. The van der Waals surface area contributed by atoms with Gasteiger partial charge in [0.1, 0.15) is 0 Å². The summed E-state index contributed by atoms with van der Waals surface area (Å²) in [6.45, 7) is 6.89. The largest absolute Gasteiger partial charge is 0.391 e. The Hall–Kier alpha value is -0.160. The predicted molar refractivity (Wildman–Crippen MR) is 101 cm³/mol. The van der Waals surface area contributed by atoms with Crippen LogP contribution >= 0.6 is 0 Å². The third kappa shape index (κ3) is 7.16. The molecule has 0 aliphatic heterocycles. The number of hydrogen-bond donors (Lipinski definition) is 2. The van der Waals surface area contributed by atoms with E-state index in [1.54, 1.807) is 13.8 Å². The van der Waals surface area contributed by atoms with Crippen molar-refractivity contribution in [2.24, 2.45) is 17.8 Å². The highest BCUT2D eigenvalue weighted by atomic mass is 16.5. The predicted octanol–water partition coefficient (Wildman–Crippen LogP) is 3.93. The van der Waals surface area contributed by atoms with Gasteiger partial charge in [0.15, 0.2) is 0 Å². The van der Waals surface area contributed by atoms with E-state index in [4.69, 9.17) is 9.47 Å². The molecule has 0 aromatic rings. The molecule has 2 fully saturated rings. The van der Waals surface area contributed by atoms with Crippen LogP contribution in [0.5, 0.6) is 0 Å². The van der Waals surface area contributed by atoms with Crippen molar-refractivity contribution in [2.75, 3.05) is 13.2 Å². The lowest BCUT2D eigenvalue weighted by Crippen LogP contribution is -2.34. The van der Waals surface area contributed by atoms with E-state index in [1.165, 1.54) is 32.1 Å². The molecule has 25 heavy (non-hydrogen) atoms. The molecule has 2 N–H and O–H groups in total. The zero-order valence-corrected chi connectivity index (χ0v) is 16.5. The van der Waals surface area contributed by atoms with Crippen molar-refractivity contribution >= 4 is 0 Å². The Bertz CT molecular complexity index is 310. The van der Waals surface area contributed by atoms with E-state index in [1.807, 2.05) is 0 Å². The summed E-state index contributed by atoms with van der Waals surface area (Å²) in [5, 5.41) is 18.7. The average Bonchev–Trinajstić information content (AvgIpc) is 2.61. The van der Waals surface area contributed by atoms with E-state index < -0.39 is 0 Å². The lowest BCUT2D eigenvalue weighted by Gasteiger charge is -2.40.